The van der Waals surface area contributed by atoms with Crippen LogP contribution in [0.2, 0.25) is 0 Å². The van der Waals surface area contributed by atoms with Crippen LogP contribution in [-0.4, -0.2) is 38.9 Å². The van der Waals surface area contributed by atoms with Crippen LogP contribution in [0, 0.1) is 5.92 Å². The Morgan fingerprint density at radius 3 is 2.78 bits per heavy atom. The highest BCUT2D eigenvalue weighted by atomic mass is 16.2. The number of nitrogens with zero attached hydrogens (tertiary/aromatic N) is 3. The first kappa shape index (κ1) is 12.3. The number of aromatic nitrogens is 4. The van der Waals surface area contributed by atoms with Gasteiger partial charge in [-0.15, -0.1) is 0 Å². The molecule has 2 heterocycles. The van der Waals surface area contributed by atoms with Crippen LogP contribution >= 0.6 is 0 Å². The van der Waals surface area contributed by atoms with Gasteiger partial charge in [-0.1, -0.05) is 13.8 Å². The average molecular weight is 248 g/mol. The average Bonchev–Trinajstić information content (AvgIpc) is 2.83. The van der Waals surface area contributed by atoms with Gasteiger partial charge >= 0.3 is 0 Å². The molecule has 0 bridgehead atoms. The van der Waals surface area contributed by atoms with Gasteiger partial charge in [-0.25, -0.2) is 15.0 Å². The van der Waals surface area contributed by atoms with Crippen LogP contribution in [0.1, 0.15) is 13.8 Å². The van der Waals surface area contributed by atoms with E-state index < -0.39 is 0 Å². The largest absolute Gasteiger partial charge is 0.357 e. The first-order valence-corrected chi connectivity index (χ1v) is 5.75. The third-order valence-corrected chi connectivity index (χ3v) is 2.71. The topological polar surface area (TPSA) is 95.6 Å². The van der Waals surface area contributed by atoms with Gasteiger partial charge in [0.15, 0.2) is 11.5 Å². The summed E-state index contributed by atoms with van der Waals surface area (Å²) in [6.07, 6.45) is 2.97. The molecular formula is C11H16N6O. The molecule has 2 aromatic heterocycles. The van der Waals surface area contributed by atoms with Gasteiger partial charge in [-0.2, -0.15) is 0 Å². The third-order valence-electron chi connectivity index (χ3n) is 2.71. The van der Waals surface area contributed by atoms with E-state index in [0.29, 0.717) is 17.0 Å². The van der Waals surface area contributed by atoms with Gasteiger partial charge in [0.05, 0.1) is 6.33 Å². The minimum Gasteiger partial charge on any atom is -0.357 e. The Morgan fingerprint density at radius 1 is 1.33 bits per heavy atom. The lowest BCUT2D eigenvalue weighted by molar-refractivity contribution is -0.122. The summed E-state index contributed by atoms with van der Waals surface area (Å²) in [5.74, 6) is 0.647. The Hall–Kier alpha value is -2.18. The molecule has 0 aliphatic carbocycles. The van der Waals surface area contributed by atoms with E-state index in [0.717, 1.165) is 0 Å². The molecule has 7 heteroatoms. The third kappa shape index (κ3) is 2.24. The second-order valence-corrected chi connectivity index (χ2v) is 4.30. The van der Waals surface area contributed by atoms with Gasteiger partial charge in [0, 0.05) is 7.05 Å². The predicted octanol–water partition coefficient (Wildman–Crippen LogP) is 0.535. The minimum atomic E-state index is -0.351. The molecule has 0 saturated carbocycles. The van der Waals surface area contributed by atoms with Crippen molar-refractivity contribution in [2.75, 3.05) is 12.4 Å². The van der Waals surface area contributed by atoms with Gasteiger partial charge in [0.25, 0.3) is 0 Å². The molecule has 0 saturated heterocycles. The number of carbonyl (C=O) groups is 1. The van der Waals surface area contributed by atoms with Crippen LogP contribution < -0.4 is 10.6 Å². The van der Waals surface area contributed by atoms with E-state index in [1.807, 2.05) is 13.8 Å². The highest BCUT2D eigenvalue weighted by Crippen LogP contribution is 2.17. The number of nitrogens with one attached hydrogen (secondary N) is 3. The Morgan fingerprint density at radius 2 is 2.11 bits per heavy atom. The number of hydrogen-bond acceptors (Lipinski definition) is 5. The Balaban J connectivity index is 2.31. The van der Waals surface area contributed by atoms with Crippen molar-refractivity contribution in [2.45, 2.75) is 19.9 Å². The van der Waals surface area contributed by atoms with E-state index in [1.165, 1.54) is 6.33 Å². The number of rotatable bonds is 4. The van der Waals surface area contributed by atoms with Crippen LogP contribution in [0.15, 0.2) is 12.7 Å². The van der Waals surface area contributed by atoms with E-state index >= 15 is 0 Å². The monoisotopic (exact) mass is 248 g/mol. The van der Waals surface area contributed by atoms with Crippen LogP contribution in [0.25, 0.3) is 11.2 Å². The quantitative estimate of drug-likeness (QED) is 0.733. The normalized spacial score (nSPS) is 12.7. The molecule has 3 N–H and O–H groups in total. The Bertz CT molecular complexity index is 549. The fourth-order valence-corrected chi connectivity index (χ4v) is 1.71. The summed E-state index contributed by atoms with van der Waals surface area (Å²) in [7, 11) is 1.62. The van der Waals surface area contributed by atoms with Crippen molar-refractivity contribution < 1.29 is 4.79 Å². The van der Waals surface area contributed by atoms with Crippen LogP contribution in [-0.2, 0) is 4.79 Å². The second kappa shape index (κ2) is 4.99. The molecule has 0 unspecified atom stereocenters. The maximum atomic E-state index is 11.8. The second-order valence-electron chi connectivity index (χ2n) is 4.30. The molecular weight excluding hydrogens is 232 g/mol. The first-order chi connectivity index (χ1) is 8.63. The van der Waals surface area contributed by atoms with Gasteiger partial charge in [0.2, 0.25) is 5.91 Å². The zero-order chi connectivity index (χ0) is 13.1. The lowest BCUT2D eigenvalue weighted by atomic mass is 10.0. The summed E-state index contributed by atoms with van der Waals surface area (Å²) in [4.78, 5) is 27.0. The summed E-state index contributed by atoms with van der Waals surface area (Å²) in [5, 5.41) is 5.76. The lowest BCUT2D eigenvalue weighted by Crippen LogP contribution is -2.41. The molecule has 18 heavy (non-hydrogen) atoms. The van der Waals surface area contributed by atoms with Gasteiger partial charge in [0.1, 0.15) is 17.9 Å². The van der Waals surface area contributed by atoms with E-state index in [-0.39, 0.29) is 17.9 Å². The fraction of sp³-hybridized carbons (Fsp3) is 0.455. The number of likely N-dealkylation sites (N-methyl/N-ethyl adjacent to an activating group) is 1. The van der Waals surface area contributed by atoms with Crippen molar-refractivity contribution in [2.24, 2.45) is 5.92 Å². The van der Waals surface area contributed by atoms with E-state index in [4.69, 9.17) is 0 Å². The number of amides is 1. The van der Waals surface area contributed by atoms with Crippen molar-refractivity contribution in [1.82, 2.24) is 25.3 Å². The molecule has 0 fully saturated rings. The van der Waals surface area contributed by atoms with Crippen LogP contribution in [0.5, 0.6) is 0 Å². The Kier molecular flexibility index (Phi) is 3.40. The highest BCUT2D eigenvalue weighted by molar-refractivity contribution is 5.88. The molecule has 0 spiro atoms. The predicted molar refractivity (Wildman–Crippen MR) is 68.0 cm³/mol. The summed E-state index contributed by atoms with van der Waals surface area (Å²) < 4.78 is 0. The molecule has 0 radical (unpaired) electrons. The van der Waals surface area contributed by atoms with Crippen molar-refractivity contribution in [3.05, 3.63) is 12.7 Å². The van der Waals surface area contributed by atoms with Gasteiger partial charge in [-0.05, 0) is 5.92 Å². The zero-order valence-electron chi connectivity index (χ0n) is 10.6. The fourth-order valence-electron chi connectivity index (χ4n) is 1.71. The molecule has 1 atom stereocenters. The number of hydrogen-bond donors (Lipinski definition) is 3. The van der Waals surface area contributed by atoms with Gasteiger partial charge < -0.3 is 15.6 Å². The molecule has 7 nitrogen and oxygen atoms in total. The smallest absolute Gasteiger partial charge is 0.242 e. The van der Waals surface area contributed by atoms with Crippen molar-refractivity contribution >= 4 is 22.9 Å². The zero-order valence-corrected chi connectivity index (χ0v) is 10.6. The number of anilines is 1. The standard InChI is InChI=1S/C11H16N6O/c1-6(2)7(11(18)12-3)17-10-8-9(14-4-13-8)15-5-16-10/h4-7H,1-3H3,(H,12,18)(H2,13,14,15,16,17)/t7-/m0/s1. The molecule has 96 valence electrons. The maximum absolute atomic E-state index is 11.8. The highest BCUT2D eigenvalue weighted by Gasteiger charge is 2.22. The van der Waals surface area contributed by atoms with Crippen LogP contribution in [0.3, 0.4) is 0 Å². The van der Waals surface area contributed by atoms with Crippen molar-refractivity contribution in [3.8, 4) is 0 Å². The number of aromatic amines is 1. The van der Waals surface area contributed by atoms with Crippen molar-refractivity contribution in [3.63, 3.8) is 0 Å². The SMILES string of the molecule is CNC(=O)[C@@H](Nc1ncnc2nc[nH]c12)C(C)C. The summed E-state index contributed by atoms with van der Waals surface area (Å²) in [5.41, 5.74) is 1.28. The Labute approximate surface area is 104 Å². The molecule has 2 aromatic rings. The molecule has 2 rings (SSSR count). The molecule has 0 aliphatic rings. The molecule has 0 aliphatic heterocycles. The maximum Gasteiger partial charge on any atom is 0.242 e. The van der Waals surface area contributed by atoms with E-state index in [9.17, 15) is 4.79 Å². The summed E-state index contributed by atoms with van der Waals surface area (Å²) in [6.45, 7) is 3.94. The number of imidazole rings is 1. The number of H-pyrrole nitrogens is 1. The van der Waals surface area contributed by atoms with Gasteiger partial charge in [-0.3, -0.25) is 4.79 Å². The van der Waals surface area contributed by atoms with Crippen LogP contribution in [0.4, 0.5) is 5.82 Å². The summed E-state index contributed by atoms with van der Waals surface area (Å²) >= 11 is 0. The van der Waals surface area contributed by atoms with Crippen molar-refractivity contribution in [1.29, 1.82) is 0 Å². The summed E-state index contributed by atoms with van der Waals surface area (Å²) in [6, 6.07) is -0.351. The van der Waals surface area contributed by atoms with E-state index in [2.05, 4.69) is 30.6 Å². The number of fused-ring (bicyclic) bond motifs is 1. The lowest BCUT2D eigenvalue weighted by Gasteiger charge is -2.21. The molecule has 0 aromatic carbocycles. The van der Waals surface area contributed by atoms with E-state index in [1.54, 1.807) is 13.4 Å². The first-order valence-electron chi connectivity index (χ1n) is 5.75. The number of carbonyl (C=O) groups excluding carboxylic acids is 1. The molecule has 1 amide bonds. The minimum absolute atomic E-state index is 0.0729.